The van der Waals surface area contributed by atoms with E-state index in [0.717, 1.165) is 70.3 Å². The van der Waals surface area contributed by atoms with Crippen LogP contribution in [0.2, 0.25) is 0 Å². The van der Waals surface area contributed by atoms with Crippen LogP contribution in [0.4, 0.5) is 0 Å². The standard InChI is InChI=1S/C27H45N7/c1-4-9-22-17-33(27(29)31-22)25(15-21-10-6-5-7-11-21)18-32-13-8-12-23(32)19-34-24(14-20(2)3)16-30-26(34)28/h5-7,10-11,20,22-25H,4,8-9,12-19H2,1-3H3,(H2,28,30)(H2,29,31)/t22?,23-,24+,25+/m0/s1. The van der Waals surface area contributed by atoms with Crippen LogP contribution in [0.5, 0.6) is 0 Å². The number of aliphatic imine (C=N–C) groups is 2. The van der Waals surface area contributed by atoms with Crippen LogP contribution in [-0.4, -0.2) is 83.5 Å². The molecule has 0 radical (unpaired) electrons. The monoisotopic (exact) mass is 467 g/mol. The van der Waals surface area contributed by atoms with E-state index in [0.29, 0.717) is 30.1 Å². The maximum atomic E-state index is 6.49. The van der Waals surface area contributed by atoms with Gasteiger partial charge in [-0.25, -0.2) is 4.99 Å². The van der Waals surface area contributed by atoms with Gasteiger partial charge in [-0.05, 0) is 50.1 Å². The van der Waals surface area contributed by atoms with Crippen LogP contribution in [0.3, 0.4) is 0 Å². The Morgan fingerprint density at radius 2 is 1.88 bits per heavy atom. The molecule has 3 aliphatic rings. The Labute approximate surface area is 206 Å². The molecule has 34 heavy (non-hydrogen) atoms. The first-order valence-corrected chi connectivity index (χ1v) is 13.4. The lowest BCUT2D eigenvalue weighted by molar-refractivity contribution is 0.152. The van der Waals surface area contributed by atoms with E-state index in [1.54, 1.807) is 0 Å². The lowest BCUT2D eigenvalue weighted by Crippen LogP contribution is -2.53. The summed E-state index contributed by atoms with van der Waals surface area (Å²) in [6, 6.07) is 12.4. The van der Waals surface area contributed by atoms with Gasteiger partial charge in [-0.15, -0.1) is 0 Å². The second kappa shape index (κ2) is 11.4. The van der Waals surface area contributed by atoms with Crippen LogP contribution in [0.1, 0.15) is 58.4 Å². The second-order valence-electron chi connectivity index (χ2n) is 10.9. The largest absolute Gasteiger partial charge is 0.370 e. The summed E-state index contributed by atoms with van der Waals surface area (Å²) in [5.74, 6) is 2.11. The van der Waals surface area contributed by atoms with Gasteiger partial charge in [0.05, 0.1) is 18.6 Å². The first kappa shape index (κ1) is 24.8. The van der Waals surface area contributed by atoms with Gasteiger partial charge in [-0.3, -0.25) is 9.89 Å². The van der Waals surface area contributed by atoms with Crippen LogP contribution in [0.25, 0.3) is 0 Å². The van der Waals surface area contributed by atoms with Crippen molar-refractivity contribution >= 4 is 11.9 Å². The molecule has 0 saturated carbocycles. The molecule has 1 unspecified atom stereocenters. The van der Waals surface area contributed by atoms with Crippen molar-refractivity contribution < 1.29 is 0 Å². The SMILES string of the molecule is CCCC1CN([C@H](Cc2ccccc2)CN2CCC[C@H]2CN2C(N)=NC[C@H]2CC(C)C)C(N)=N1. The molecule has 0 amide bonds. The molecule has 4 rings (SSSR count). The molecule has 3 aliphatic heterocycles. The van der Waals surface area contributed by atoms with Crippen molar-refractivity contribution in [3.05, 3.63) is 35.9 Å². The average Bonchev–Trinajstić information content (AvgIpc) is 3.49. The third-order valence-corrected chi connectivity index (χ3v) is 7.69. The summed E-state index contributed by atoms with van der Waals surface area (Å²) in [6.07, 6.45) is 6.84. The second-order valence-corrected chi connectivity index (χ2v) is 10.9. The molecule has 1 fully saturated rings. The number of hydrogen-bond donors (Lipinski definition) is 2. The molecule has 0 spiro atoms. The van der Waals surface area contributed by atoms with Crippen LogP contribution in [-0.2, 0) is 6.42 Å². The van der Waals surface area contributed by atoms with Crippen molar-refractivity contribution in [2.24, 2.45) is 27.4 Å². The van der Waals surface area contributed by atoms with Crippen molar-refractivity contribution in [3.63, 3.8) is 0 Å². The van der Waals surface area contributed by atoms with Crippen molar-refractivity contribution in [1.82, 2.24) is 14.7 Å². The number of hydrogen-bond acceptors (Lipinski definition) is 7. The Balaban J connectivity index is 1.46. The maximum absolute atomic E-state index is 6.49. The average molecular weight is 468 g/mol. The number of guanidine groups is 2. The van der Waals surface area contributed by atoms with Crippen molar-refractivity contribution in [3.8, 4) is 0 Å². The molecule has 4 N–H and O–H groups in total. The van der Waals surface area contributed by atoms with Crippen LogP contribution >= 0.6 is 0 Å². The fourth-order valence-electron chi connectivity index (χ4n) is 6.01. The molecule has 1 aromatic rings. The normalized spacial score (nSPS) is 26.4. The quantitative estimate of drug-likeness (QED) is 0.523. The van der Waals surface area contributed by atoms with Gasteiger partial charge < -0.3 is 21.3 Å². The van der Waals surface area contributed by atoms with Crippen molar-refractivity contribution in [2.75, 3.05) is 32.7 Å². The molecular formula is C27H45N7. The lowest BCUT2D eigenvalue weighted by Gasteiger charge is -2.37. The predicted octanol–water partition coefficient (Wildman–Crippen LogP) is 2.91. The van der Waals surface area contributed by atoms with Gasteiger partial charge in [0, 0.05) is 31.7 Å². The summed E-state index contributed by atoms with van der Waals surface area (Å²) in [5, 5.41) is 0. The zero-order chi connectivity index (χ0) is 24.1. The van der Waals surface area contributed by atoms with E-state index in [1.807, 2.05) is 0 Å². The Hall–Kier alpha value is -2.28. The summed E-state index contributed by atoms with van der Waals surface area (Å²) in [5.41, 5.74) is 14.2. The van der Waals surface area contributed by atoms with Gasteiger partial charge in [-0.1, -0.05) is 57.5 Å². The number of benzene rings is 1. The first-order valence-electron chi connectivity index (χ1n) is 13.4. The molecule has 188 valence electrons. The summed E-state index contributed by atoms with van der Waals surface area (Å²) in [7, 11) is 0. The van der Waals surface area contributed by atoms with Gasteiger partial charge >= 0.3 is 0 Å². The van der Waals surface area contributed by atoms with E-state index in [4.69, 9.17) is 16.5 Å². The van der Waals surface area contributed by atoms with Crippen LogP contribution in [0.15, 0.2) is 40.3 Å². The molecule has 4 atom stereocenters. The molecule has 3 heterocycles. The lowest BCUT2D eigenvalue weighted by atomic mass is 10.0. The van der Waals surface area contributed by atoms with Crippen LogP contribution in [0, 0.1) is 5.92 Å². The highest BCUT2D eigenvalue weighted by atomic mass is 15.4. The summed E-state index contributed by atoms with van der Waals surface area (Å²) < 4.78 is 0. The van der Waals surface area contributed by atoms with Gasteiger partial charge in [0.25, 0.3) is 0 Å². The first-order chi connectivity index (χ1) is 16.4. The Kier molecular flexibility index (Phi) is 8.35. The molecule has 0 bridgehead atoms. The molecule has 1 aromatic carbocycles. The number of rotatable bonds is 11. The highest BCUT2D eigenvalue weighted by Gasteiger charge is 2.36. The van der Waals surface area contributed by atoms with E-state index < -0.39 is 0 Å². The van der Waals surface area contributed by atoms with Gasteiger partial charge in [0.1, 0.15) is 0 Å². The minimum Gasteiger partial charge on any atom is -0.370 e. The topological polar surface area (TPSA) is 86.5 Å². The third-order valence-electron chi connectivity index (χ3n) is 7.69. The molecule has 7 nitrogen and oxygen atoms in total. The van der Waals surface area contributed by atoms with E-state index >= 15 is 0 Å². The number of nitrogens with zero attached hydrogens (tertiary/aromatic N) is 5. The van der Waals surface area contributed by atoms with E-state index in [-0.39, 0.29) is 0 Å². The van der Waals surface area contributed by atoms with Crippen molar-refractivity contribution in [2.45, 2.75) is 83.5 Å². The minimum absolute atomic E-state index is 0.324. The summed E-state index contributed by atoms with van der Waals surface area (Å²) >= 11 is 0. The fourth-order valence-corrected chi connectivity index (χ4v) is 6.01. The molecule has 0 aromatic heterocycles. The maximum Gasteiger partial charge on any atom is 0.191 e. The molecule has 7 heteroatoms. The molecule has 1 saturated heterocycles. The van der Waals surface area contributed by atoms with Gasteiger partial charge in [-0.2, -0.15) is 0 Å². The number of likely N-dealkylation sites (tertiary alicyclic amines) is 1. The van der Waals surface area contributed by atoms with E-state index in [9.17, 15) is 0 Å². The molecule has 0 aliphatic carbocycles. The van der Waals surface area contributed by atoms with E-state index in [2.05, 4.69) is 70.8 Å². The Bertz CT molecular complexity index is 837. The third kappa shape index (κ3) is 6.04. The Morgan fingerprint density at radius 3 is 2.62 bits per heavy atom. The zero-order valence-electron chi connectivity index (χ0n) is 21.4. The minimum atomic E-state index is 0.324. The number of nitrogens with two attached hydrogens (primary N) is 2. The fraction of sp³-hybridized carbons (Fsp3) is 0.704. The zero-order valence-corrected chi connectivity index (χ0v) is 21.4. The smallest absolute Gasteiger partial charge is 0.191 e. The van der Waals surface area contributed by atoms with E-state index in [1.165, 1.54) is 18.4 Å². The predicted molar refractivity (Wildman–Crippen MR) is 142 cm³/mol. The summed E-state index contributed by atoms with van der Waals surface area (Å²) in [4.78, 5) is 16.9. The van der Waals surface area contributed by atoms with Crippen molar-refractivity contribution in [1.29, 1.82) is 0 Å². The molecular weight excluding hydrogens is 422 g/mol. The highest BCUT2D eigenvalue weighted by molar-refractivity contribution is 5.80. The summed E-state index contributed by atoms with van der Waals surface area (Å²) in [6.45, 7) is 11.7. The van der Waals surface area contributed by atoms with Gasteiger partial charge in [0.15, 0.2) is 11.9 Å². The van der Waals surface area contributed by atoms with Gasteiger partial charge in [0.2, 0.25) is 0 Å². The highest BCUT2D eigenvalue weighted by Crippen LogP contribution is 2.26. The van der Waals surface area contributed by atoms with Crippen LogP contribution < -0.4 is 11.5 Å². The Morgan fingerprint density at radius 1 is 1.09 bits per heavy atom.